The van der Waals surface area contributed by atoms with E-state index in [1.165, 1.54) is 6.92 Å². The van der Waals surface area contributed by atoms with E-state index in [9.17, 15) is 9.59 Å². The summed E-state index contributed by atoms with van der Waals surface area (Å²) in [5, 5.41) is 6.12. The van der Waals surface area contributed by atoms with Crippen molar-refractivity contribution in [1.82, 2.24) is 4.98 Å². The Morgan fingerprint density at radius 2 is 1.67 bits per heavy atom. The molecular formula is C22H21N3O2. The molecule has 0 aliphatic carbocycles. The van der Waals surface area contributed by atoms with E-state index in [2.05, 4.69) is 15.6 Å². The van der Waals surface area contributed by atoms with E-state index in [1.807, 2.05) is 44.2 Å². The first-order valence-corrected chi connectivity index (χ1v) is 8.65. The molecule has 3 aromatic rings. The lowest BCUT2D eigenvalue weighted by Gasteiger charge is -2.11. The standard InChI is InChI=1S/C22H21N3O2/c1-14-6-4-9-20(15(14)2)25-22(27)21-13-19(10-11-23-21)24-18-8-5-7-17(12-18)16(3)26/h4-13H,1-3H3,(H,23,24)(H,25,27). The lowest BCUT2D eigenvalue weighted by molar-refractivity contribution is 0.101. The molecule has 0 fully saturated rings. The largest absolute Gasteiger partial charge is 0.355 e. The molecule has 3 rings (SSSR count). The van der Waals surface area contributed by atoms with Crippen molar-refractivity contribution in [2.75, 3.05) is 10.6 Å². The topological polar surface area (TPSA) is 71.1 Å². The predicted molar refractivity (Wildman–Crippen MR) is 108 cm³/mol. The molecule has 0 aliphatic heterocycles. The summed E-state index contributed by atoms with van der Waals surface area (Å²) in [5.41, 5.74) is 5.34. The van der Waals surface area contributed by atoms with Crippen LogP contribution < -0.4 is 10.6 Å². The predicted octanol–water partition coefficient (Wildman–Crippen LogP) is 4.90. The highest BCUT2D eigenvalue weighted by atomic mass is 16.2. The molecule has 0 spiro atoms. The van der Waals surface area contributed by atoms with Gasteiger partial charge in [-0.05, 0) is 62.2 Å². The van der Waals surface area contributed by atoms with Crippen LogP contribution in [0, 0.1) is 13.8 Å². The second-order valence-electron chi connectivity index (χ2n) is 6.39. The third-order valence-electron chi connectivity index (χ3n) is 4.40. The smallest absolute Gasteiger partial charge is 0.274 e. The number of carbonyl (C=O) groups excluding carboxylic acids is 2. The number of carbonyl (C=O) groups is 2. The average Bonchev–Trinajstić information content (AvgIpc) is 2.66. The van der Waals surface area contributed by atoms with Crippen LogP contribution in [-0.4, -0.2) is 16.7 Å². The van der Waals surface area contributed by atoms with Gasteiger partial charge in [-0.1, -0.05) is 24.3 Å². The van der Waals surface area contributed by atoms with Crippen LogP contribution in [0.3, 0.4) is 0 Å². The van der Waals surface area contributed by atoms with E-state index < -0.39 is 0 Å². The van der Waals surface area contributed by atoms with Crippen LogP contribution in [0.15, 0.2) is 60.8 Å². The summed E-state index contributed by atoms with van der Waals surface area (Å²) in [6.45, 7) is 5.50. The second kappa shape index (κ2) is 7.83. The SMILES string of the molecule is CC(=O)c1cccc(Nc2ccnc(C(=O)Nc3cccc(C)c3C)c2)c1. The van der Waals surface area contributed by atoms with Crippen LogP contribution in [0.2, 0.25) is 0 Å². The second-order valence-corrected chi connectivity index (χ2v) is 6.39. The zero-order chi connectivity index (χ0) is 19.4. The van der Waals surface area contributed by atoms with E-state index in [4.69, 9.17) is 0 Å². The van der Waals surface area contributed by atoms with Crippen LogP contribution >= 0.6 is 0 Å². The Morgan fingerprint density at radius 1 is 0.926 bits per heavy atom. The highest BCUT2D eigenvalue weighted by Crippen LogP contribution is 2.21. The van der Waals surface area contributed by atoms with Gasteiger partial charge in [0, 0.05) is 28.8 Å². The van der Waals surface area contributed by atoms with Crippen molar-refractivity contribution < 1.29 is 9.59 Å². The Labute approximate surface area is 158 Å². The van der Waals surface area contributed by atoms with Crippen LogP contribution in [0.5, 0.6) is 0 Å². The molecule has 0 saturated carbocycles. The first-order valence-electron chi connectivity index (χ1n) is 8.65. The van der Waals surface area contributed by atoms with E-state index in [0.29, 0.717) is 11.3 Å². The van der Waals surface area contributed by atoms with Gasteiger partial charge in [-0.2, -0.15) is 0 Å². The molecule has 0 unspecified atom stereocenters. The van der Waals surface area contributed by atoms with E-state index in [1.54, 1.807) is 30.5 Å². The maximum absolute atomic E-state index is 12.6. The molecule has 5 nitrogen and oxygen atoms in total. The number of hydrogen-bond donors (Lipinski definition) is 2. The third kappa shape index (κ3) is 4.39. The molecule has 1 amide bonds. The first kappa shape index (κ1) is 18.3. The molecule has 0 bridgehead atoms. The summed E-state index contributed by atoms with van der Waals surface area (Å²) >= 11 is 0. The average molecular weight is 359 g/mol. The van der Waals surface area contributed by atoms with Gasteiger partial charge in [0.05, 0.1) is 0 Å². The number of Topliss-reactive ketones (excluding diaryl/α,β-unsaturated/α-hetero) is 1. The number of aromatic nitrogens is 1. The van der Waals surface area contributed by atoms with Crippen molar-refractivity contribution >= 4 is 28.8 Å². The minimum atomic E-state index is -0.273. The van der Waals surface area contributed by atoms with Gasteiger partial charge in [0.1, 0.15) is 5.69 Å². The number of anilines is 3. The number of hydrogen-bond acceptors (Lipinski definition) is 4. The van der Waals surface area contributed by atoms with Gasteiger partial charge < -0.3 is 10.6 Å². The van der Waals surface area contributed by atoms with Crippen LogP contribution in [0.25, 0.3) is 0 Å². The van der Waals surface area contributed by atoms with Gasteiger partial charge in [-0.3, -0.25) is 14.6 Å². The molecule has 1 aromatic heterocycles. The van der Waals surface area contributed by atoms with E-state index >= 15 is 0 Å². The quantitative estimate of drug-likeness (QED) is 0.636. The van der Waals surface area contributed by atoms with Gasteiger partial charge in [0.2, 0.25) is 0 Å². The third-order valence-corrected chi connectivity index (χ3v) is 4.40. The zero-order valence-corrected chi connectivity index (χ0v) is 15.5. The number of benzene rings is 2. The Hall–Kier alpha value is -3.47. The highest BCUT2D eigenvalue weighted by molar-refractivity contribution is 6.04. The number of nitrogens with one attached hydrogen (secondary N) is 2. The molecule has 0 saturated heterocycles. The van der Waals surface area contributed by atoms with Gasteiger partial charge in [-0.25, -0.2) is 0 Å². The fourth-order valence-corrected chi connectivity index (χ4v) is 2.69. The van der Waals surface area contributed by atoms with Crippen LogP contribution in [0.4, 0.5) is 17.1 Å². The summed E-state index contributed by atoms with van der Waals surface area (Å²) < 4.78 is 0. The highest BCUT2D eigenvalue weighted by Gasteiger charge is 2.11. The molecule has 2 N–H and O–H groups in total. The summed E-state index contributed by atoms with van der Waals surface area (Å²) in [6.07, 6.45) is 1.58. The number of nitrogens with zero attached hydrogens (tertiary/aromatic N) is 1. The lowest BCUT2D eigenvalue weighted by Crippen LogP contribution is -2.14. The monoisotopic (exact) mass is 359 g/mol. The first-order chi connectivity index (χ1) is 12.9. The minimum Gasteiger partial charge on any atom is -0.355 e. The fraction of sp³-hybridized carbons (Fsp3) is 0.136. The molecule has 0 aliphatic rings. The van der Waals surface area contributed by atoms with Crippen molar-refractivity contribution in [3.63, 3.8) is 0 Å². The molecule has 27 heavy (non-hydrogen) atoms. The Morgan fingerprint density at radius 3 is 2.44 bits per heavy atom. The molecule has 5 heteroatoms. The maximum Gasteiger partial charge on any atom is 0.274 e. The van der Waals surface area contributed by atoms with Gasteiger partial charge >= 0.3 is 0 Å². The fourth-order valence-electron chi connectivity index (χ4n) is 2.69. The normalized spacial score (nSPS) is 10.3. The summed E-state index contributed by atoms with van der Waals surface area (Å²) in [6, 6.07) is 16.5. The van der Waals surface area contributed by atoms with Crippen molar-refractivity contribution in [1.29, 1.82) is 0 Å². The van der Waals surface area contributed by atoms with Crippen LogP contribution in [-0.2, 0) is 0 Å². The van der Waals surface area contributed by atoms with Crippen molar-refractivity contribution in [2.24, 2.45) is 0 Å². The van der Waals surface area contributed by atoms with Crippen molar-refractivity contribution in [3.8, 4) is 0 Å². The number of aryl methyl sites for hydroxylation is 1. The van der Waals surface area contributed by atoms with Crippen LogP contribution in [0.1, 0.15) is 38.9 Å². The Kier molecular flexibility index (Phi) is 5.31. The van der Waals surface area contributed by atoms with Gasteiger partial charge in [-0.15, -0.1) is 0 Å². The number of ketones is 1. The minimum absolute atomic E-state index is 0.00182. The molecule has 136 valence electrons. The van der Waals surface area contributed by atoms with E-state index in [0.717, 1.165) is 28.2 Å². The molecule has 1 heterocycles. The summed E-state index contributed by atoms with van der Waals surface area (Å²) in [4.78, 5) is 28.3. The van der Waals surface area contributed by atoms with E-state index in [-0.39, 0.29) is 11.7 Å². The van der Waals surface area contributed by atoms with Gasteiger partial charge in [0.25, 0.3) is 5.91 Å². The molecule has 0 radical (unpaired) electrons. The molecular weight excluding hydrogens is 338 g/mol. The Bertz CT molecular complexity index is 1010. The summed E-state index contributed by atoms with van der Waals surface area (Å²) in [7, 11) is 0. The van der Waals surface area contributed by atoms with Crippen molar-refractivity contribution in [2.45, 2.75) is 20.8 Å². The zero-order valence-electron chi connectivity index (χ0n) is 15.5. The number of pyridine rings is 1. The molecule has 2 aromatic carbocycles. The van der Waals surface area contributed by atoms with Crippen molar-refractivity contribution in [3.05, 3.63) is 83.2 Å². The summed E-state index contributed by atoms with van der Waals surface area (Å²) in [5.74, 6) is -0.271. The number of rotatable bonds is 5. The Balaban J connectivity index is 1.79. The number of amides is 1. The maximum atomic E-state index is 12.6. The molecule has 0 atom stereocenters. The van der Waals surface area contributed by atoms with Gasteiger partial charge in [0.15, 0.2) is 5.78 Å². The lowest BCUT2D eigenvalue weighted by atomic mass is 10.1.